The number of hydrogen-bond donors (Lipinski definition) is 1. The summed E-state index contributed by atoms with van der Waals surface area (Å²) in [5.74, 6) is 0.739. The predicted octanol–water partition coefficient (Wildman–Crippen LogP) is 4.35. The maximum atomic E-state index is 12.7. The zero-order valence-electron chi connectivity index (χ0n) is 15.6. The van der Waals surface area contributed by atoms with Crippen LogP contribution in [-0.2, 0) is 13.0 Å². The molecule has 5 heteroatoms. The molecule has 136 valence electrons. The lowest BCUT2D eigenvalue weighted by Gasteiger charge is -2.28. The third-order valence-corrected chi connectivity index (χ3v) is 4.89. The average Bonchev–Trinajstić information content (AvgIpc) is 2.70. The van der Waals surface area contributed by atoms with Gasteiger partial charge in [0.25, 0.3) is 0 Å². The van der Waals surface area contributed by atoms with Crippen molar-refractivity contribution in [1.82, 2.24) is 14.9 Å². The van der Waals surface area contributed by atoms with E-state index >= 15 is 0 Å². The Morgan fingerprint density at radius 2 is 1.93 bits per heavy atom. The van der Waals surface area contributed by atoms with Gasteiger partial charge in [0, 0.05) is 36.0 Å². The van der Waals surface area contributed by atoms with E-state index < -0.39 is 0 Å². The summed E-state index contributed by atoms with van der Waals surface area (Å²) in [4.78, 5) is 23.7. The molecule has 1 N–H and O–H groups in total. The maximum absolute atomic E-state index is 12.7. The lowest BCUT2D eigenvalue weighted by molar-refractivity contribution is 0.206. The third kappa shape index (κ3) is 3.67. The molecule has 1 aliphatic heterocycles. The highest BCUT2D eigenvalue weighted by atomic mass is 16.2. The van der Waals surface area contributed by atoms with Crippen LogP contribution in [0.2, 0.25) is 0 Å². The molecule has 0 radical (unpaired) electrons. The Labute approximate surface area is 159 Å². The number of nitrogens with zero attached hydrogens (tertiary/aromatic N) is 3. The van der Waals surface area contributed by atoms with Crippen LogP contribution in [0.4, 0.5) is 10.5 Å². The Balaban J connectivity index is 1.50. The highest BCUT2D eigenvalue weighted by Crippen LogP contribution is 2.22. The van der Waals surface area contributed by atoms with Gasteiger partial charge < -0.3 is 10.2 Å². The zero-order chi connectivity index (χ0) is 18.8. The van der Waals surface area contributed by atoms with Gasteiger partial charge in [-0.25, -0.2) is 14.8 Å². The van der Waals surface area contributed by atoms with Gasteiger partial charge in [-0.15, -0.1) is 0 Å². The smallest absolute Gasteiger partial charge is 0.320 e. The number of aromatic nitrogens is 2. The lowest BCUT2D eigenvalue weighted by atomic mass is 10.1. The molecule has 27 heavy (non-hydrogen) atoms. The minimum Gasteiger partial charge on any atom is -0.320 e. The number of rotatable bonds is 2. The number of amides is 2. The molecule has 0 aliphatic carbocycles. The quantitative estimate of drug-likeness (QED) is 0.741. The number of carbonyl (C=O) groups is 1. The van der Waals surface area contributed by atoms with Crippen molar-refractivity contribution < 1.29 is 4.79 Å². The van der Waals surface area contributed by atoms with Gasteiger partial charge in [0.1, 0.15) is 0 Å². The number of nitrogens with one attached hydrogen (secondary N) is 1. The summed E-state index contributed by atoms with van der Waals surface area (Å²) < 4.78 is 0. The first-order valence-electron chi connectivity index (χ1n) is 9.13. The monoisotopic (exact) mass is 358 g/mol. The van der Waals surface area contributed by atoms with Crippen LogP contribution in [0.3, 0.4) is 0 Å². The molecule has 0 saturated carbocycles. The molecule has 1 aliphatic rings. The van der Waals surface area contributed by atoms with E-state index in [2.05, 4.69) is 10.3 Å². The van der Waals surface area contributed by atoms with Crippen molar-refractivity contribution in [2.24, 2.45) is 0 Å². The average molecular weight is 358 g/mol. The molecule has 2 heterocycles. The number of urea groups is 1. The van der Waals surface area contributed by atoms with Crippen molar-refractivity contribution in [3.8, 4) is 11.4 Å². The molecule has 0 spiro atoms. The van der Waals surface area contributed by atoms with E-state index in [9.17, 15) is 4.79 Å². The molecule has 0 bridgehead atoms. The van der Waals surface area contributed by atoms with E-state index in [4.69, 9.17) is 4.98 Å². The minimum atomic E-state index is -0.0820. The molecule has 3 aromatic rings. The van der Waals surface area contributed by atoms with Gasteiger partial charge in [-0.1, -0.05) is 42.5 Å². The topological polar surface area (TPSA) is 58.1 Å². The highest BCUT2D eigenvalue weighted by Gasteiger charge is 2.23. The fourth-order valence-electron chi connectivity index (χ4n) is 3.28. The summed E-state index contributed by atoms with van der Waals surface area (Å²) in [6.07, 6.45) is 2.58. The van der Waals surface area contributed by atoms with Gasteiger partial charge in [0.05, 0.1) is 12.2 Å². The fourth-order valence-corrected chi connectivity index (χ4v) is 3.28. The molecule has 0 unspecified atom stereocenters. The van der Waals surface area contributed by atoms with Crippen molar-refractivity contribution in [1.29, 1.82) is 0 Å². The number of hydrogen-bond acceptors (Lipinski definition) is 3. The minimum absolute atomic E-state index is 0.0820. The largest absolute Gasteiger partial charge is 0.322 e. The summed E-state index contributed by atoms with van der Waals surface area (Å²) in [6, 6.07) is 16.0. The summed E-state index contributed by atoms with van der Waals surface area (Å²) in [7, 11) is 0. The van der Waals surface area contributed by atoms with E-state index in [1.807, 2.05) is 73.5 Å². The Hall–Kier alpha value is -3.21. The first-order chi connectivity index (χ1) is 13.1. The van der Waals surface area contributed by atoms with Gasteiger partial charge >= 0.3 is 6.03 Å². The molecule has 0 saturated heterocycles. The Kier molecular flexibility index (Phi) is 4.59. The number of fused-ring (bicyclic) bond motifs is 1. The molecular weight excluding hydrogens is 336 g/mol. The van der Waals surface area contributed by atoms with Crippen molar-refractivity contribution in [2.45, 2.75) is 26.8 Å². The van der Waals surface area contributed by atoms with E-state index in [1.165, 1.54) is 0 Å². The first-order valence-corrected chi connectivity index (χ1v) is 9.13. The van der Waals surface area contributed by atoms with Gasteiger partial charge in [-0.3, -0.25) is 0 Å². The van der Waals surface area contributed by atoms with Crippen LogP contribution >= 0.6 is 0 Å². The fraction of sp³-hybridized carbons (Fsp3) is 0.227. The summed E-state index contributed by atoms with van der Waals surface area (Å²) in [5.41, 5.74) is 6.09. The van der Waals surface area contributed by atoms with Gasteiger partial charge in [0.2, 0.25) is 0 Å². The molecule has 5 nitrogen and oxygen atoms in total. The van der Waals surface area contributed by atoms with Crippen LogP contribution in [0, 0.1) is 13.8 Å². The van der Waals surface area contributed by atoms with Gasteiger partial charge in [-0.2, -0.15) is 0 Å². The summed E-state index contributed by atoms with van der Waals surface area (Å²) >= 11 is 0. The maximum Gasteiger partial charge on any atom is 0.322 e. The van der Waals surface area contributed by atoms with Gasteiger partial charge in [-0.05, 0) is 31.0 Å². The normalized spacial score (nSPS) is 13.2. The SMILES string of the molecule is Cc1ccc(C)c(NC(=O)N2CCc3nc(-c4ccccc4)ncc3C2)c1. The summed E-state index contributed by atoms with van der Waals surface area (Å²) in [6.45, 7) is 5.20. The van der Waals surface area contributed by atoms with E-state index in [0.717, 1.165) is 45.9 Å². The first kappa shape index (κ1) is 17.2. The second-order valence-electron chi connectivity index (χ2n) is 6.95. The summed E-state index contributed by atoms with van der Waals surface area (Å²) in [5, 5.41) is 3.03. The Morgan fingerprint density at radius 1 is 1.11 bits per heavy atom. The van der Waals surface area contributed by atoms with Crippen LogP contribution in [0.25, 0.3) is 11.4 Å². The molecule has 2 aromatic carbocycles. The van der Waals surface area contributed by atoms with Crippen molar-refractivity contribution in [3.05, 3.63) is 77.1 Å². The highest BCUT2D eigenvalue weighted by molar-refractivity contribution is 5.90. The Bertz CT molecular complexity index is 985. The molecular formula is C22H22N4O. The lowest BCUT2D eigenvalue weighted by Crippen LogP contribution is -2.39. The van der Waals surface area contributed by atoms with Crippen LogP contribution in [0.15, 0.2) is 54.7 Å². The number of carbonyl (C=O) groups excluding carboxylic acids is 1. The molecule has 0 fully saturated rings. The van der Waals surface area contributed by atoms with Crippen LogP contribution in [-0.4, -0.2) is 27.4 Å². The van der Waals surface area contributed by atoms with E-state index in [0.29, 0.717) is 13.1 Å². The van der Waals surface area contributed by atoms with E-state index in [1.54, 1.807) is 0 Å². The van der Waals surface area contributed by atoms with E-state index in [-0.39, 0.29) is 6.03 Å². The van der Waals surface area contributed by atoms with Gasteiger partial charge in [0.15, 0.2) is 5.82 Å². The Morgan fingerprint density at radius 3 is 2.74 bits per heavy atom. The van der Waals surface area contributed by atoms with Crippen molar-refractivity contribution in [2.75, 3.05) is 11.9 Å². The van der Waals surface area contributed by atoms with Crippen molar-refractivity contribution >= 4 is 11.7 Å². The second-order valence-corrected chi connectivity index (χ2v) is 6.95. The second kappa shape index (κ2) is 7.19. The number of anilines is 1. The third-order valence-electron chi connectivity index (χ3n) is 4.89. The predicted molar refractivity (Wildman–Crippen MR) is 107 cm³/mol. The molecule has 2 amide bonds. The molecule has 4 rings (SSSR count). The molecule has 1 aromatic heterocycles. The van der Waals surface area contributed by atoms with Crippen LogP contribution < -0.4 is 5.32 Å². The number of benzene rings is 2. The van der Waals surface area contributed by atoms with Crippen LogP contribution in [0.1, 0.15) is 22.4 Å². The standard InChI is InChI=1S/C22H22N4O/c1-15-8-9-16(2)20(12-15)25-22(27)26-11-10-19-18(14-26)13-23-21(24-19)17-6-4-3-5-7-17/h3-9,12-13H,10-11,14H2,1-2H3,(H,25,27). The van der Waals surface area contributed by atoms with Crippen LogP contribution in [0.5, 0.6) is 0 Å². The number of aryl methyl sites for hydroxylation is 2. The zero-order valence-corrected chi connectivity index (χ0v) is 15.6. The van der Waals surface area contributed by atoms with Crippen molar-refractivity contribution in [3.63, 3.8) is 0 Å². The molecule has 0 atom stereocenters.